The van der Waals surface area contributed by atoms with Gasteiger partial charge in [-0.25, -0.2) is 0 Å². The normalized spacial score (nSPS) is 19.4. The van der Waals surface area contributed by atoms with Crippen molar-refractivity contribution in [1.82, 2.24) is 0 Å². The number of aliphatic imine (C=N–C) groups is 1. The number of hydrogen-bond acceptors (Lipinski definition) is 6. The Morgan fingerprint density at radius 1 is 0.952 bits per heavy atom. The highest BCUT2D eigenvalue weighted by Gasteiger charge is 2.04. The summed E-state index contributed by atoms with van der Waals surface area (Å²) in [5, 5.41) is 0. The molecule has 0 saturated carbocycles. The van der Waals surface area contributed by atoms with Gasteiger partial charge in [0.2, 0.25) is 0 Å². The molecule has 0 unspecified atom stereocenters. The topological polar surface area (TPSA) is 66.4 Å². The second-order valence-corrected chi connectivity index (χ2v) is 4.30. The highest BCUT2D eigenvalue weighted by atomic mass is 16.6. The molecule has 0 saturated heterocycles. The minimum atomic E-state index is 0.390. The molecule has 1 aliphatic rings. The van der Waals surface area contributed by atoms with Gasteiger partial charge in [-0.15, -0.1) is 0 Å². The molecule has 0 aliphatic carbocycles. The lowest BCUT2D eigenvalue weighted by Crippen LogP contribution is -2.12. The molecule has 0 N–H and O–H groups in total. The van der Waals surface area contributed by atoms with Crippen molar-refractivity contribution >= 4 is 18.2 Å². The van der Waals surface area contributed by atoms with Crippen molar-refractivity contribution in [1.29, 1.82) is 0 Å². The molecule has 21 heavy (non-hydrogen) atoms. The van der Waals surface area contributed by atoms with E-state index in [1.807, 2.05) is 0 Å². The van der Waals surface area contributed by atoms with Crippen LogP contribution >= 0.6 is 0 Å². The van der Waals surface area contributed by atoms with Crippen LogP contribution in [-0.4, -0.2) is 58.7 Å². The Hall–Kier alpha value is -1.76. The first kappa shape index (κ1) is 15.6. The van der Waals surface area contributed by atoms with Gasteiger partial charge in [-0.2, -0.15) is 0 Å². The van der Waals surface area contributed by atoms with Gasteiger partial charge >= 0.3 is 0 Å². The van der Waals surface area contributed by atoms with Crippen molar-refractivity contribution in [3.8, 4) is 5.75 Å². The summed E-state index contributed by atoms with van der Waals surface area (Å²) in [5.41, 5.74) is 1.21. The smallest absolute Gasteiger partial charge is 0.150 e. The summed E-state index contributed by atoms with van der Waals surface area (Å²) in [6.07, 6.45) is 2.44. The van der Waals surface area contributed by atoms with Crippen molar-refractivity contribution in [2.24, 2.45) is 4.99 Å². The largest absolute Gasteiger partial charge is 0.489 e. The highest BCUT2D eigenvalue weighted by molar-refractivity contribution is 5.78. The summed E-state index contributed by atoms with van der Waals surface area (Å²) in [7, 11) is 0. The van der Waals surface area contributed by atoms with Crippen molar-refractivity contribution < 1.29 is 23.7 Å². The predicted octanol–water partition coefficient (Wildman–Crippen LogP) is 1.64. The zero-order valence-corrected chi connectivity index (χ0v) is 11.8. The second kappa shape index (κ2) is 9.23. The number of carbonyl (C=O) groups excluding carboxylic acids is 1. The molecule has 114 valence electrons. The minimum absolute atomic E-state index is 0.390. The Kier molecular flexibility index (Phi) is 6.87. The van der Waals surface area contributed by atoms with Crippen LogP contribution in [-0.2, 0) is 14.2 Å². The quantitative estimate of drug-likeness (QED) is 0.736. The van der Waals surface area contributed by atoms with Crippen LogP contribution < -0.4 is 4.74 Å². The van der Waals surface area contributed by atoms with Crippen LogP contribution in [0.2, 0.25) is 0 Å². The molecule has 0 spiro atoms. The van der Waals surface area contributed by atoms with Gasteiger partial charge in [0, 0.05) is 11.8 Å². The maximum atomic E-state index is 10.8. The van der Waals surface area contributed by atoms with E-state index < -0.39 is 0 Å². The Labute approximate surface area is 123 Å². The standard InChI is InChI=1S/C15H19NO5/c17-12-13-1-2-14-15(11-13)21-10-9-20-8-7-19-6-5-18-4-3-16-14/h1-3,11-12H,4-10H2/b16-3+. The van der Waals surface area contributed by atoms with E-state index in [0.717, 1.165) is 6.29 Å². The Morgan fingerprint density at radius 2 is 1.67 bits per heavy atom. The predicted molar refractivity (Wildman–Crippen MR) is 77.9 cm³/mol. The molecule has 0 bridgehead atoms. The molecule has 0 aromatic heterocycles. The Morgan fingerprint density at radius 3 is 2.43 bits per heavy atom. The zero-order chi connectivity index (χ0) is 14.8. The number of benzene rings is 1. The third-order valence-corrected chi connectivity index (χ3v) is 2.77. The van der Waals surface area contributed by atoms with Crippen LogP contribution in [0, 0.1) is 0 Å². The summed E-state index contributed by atoms with van der Waals surface area (Å²) in [5.74, 6) is 0.561. The van der Waals surface area contributed by atoms with E-state index >= 15 is 0 Å². The zero-order valence-electron chi connectivity index (χ0n) is 11.8. The van der Waals surface area contributed by atoms with Gasteiger partial charge in [0.15, 0.2) is 0 Å². The molecule has 2 rings (SSSR count). The van der Waals surface area contributed by atoms with Crippen LogP contribution in [0.3, 0.4) is 0 Å². The van der Waals surface area contributed by atoms with Crippen molar-refractivity contribution in [2.75, 3.05) is 46.2 Å². The summed E-state index contributed by atoms with van der Waals surface area (Å²) in [4.78, 5) is 15.1. The average molecular weight is 293 g/mol. The summed E-state index contributed by atoms with van der Waals surface area (Å²) >= 11 is 0. The fourth-order valence-corrected chi connectivity index (χ4v) is 1.75. The molecule has 1 aliphatic heterocycles. The molecule has 1 aromatic carbocycles. The Balaban J connectivity index is 2.05. The monoisotopic (exact) mass is 293 g/mol. The fourth-order valence-electron chi connectivity index (χ4n) is 1.75. The third-order valence-electron chi connectivity index (χ3n) is 2.77. The summed E-state index contributed by atoms with van der Waals surface area (Å²) in [6, 6.07) is 5.12. The number of hydrogen-bond donors (Lipinski definition) is 0. The lowest BCUT2D eigenvalue weighted by Gasteiger charge is -2.10. The lowest BCUT2D eigenvalue weighted by molar-refractivity contribution is 0.0153. The number of carbonyl (C=O) groups is 1. The number of ether oxygens (including phenoxy) is 4. The maximum absolute atomic E-state index is 10.8. The van der Waals surface area contributed by atoms with Gasteiger partial charge in [-0.1, -0.05) is 0 Å². The van der Waals surface area contributed by atoms with E-state index in [0.29, 0.717) is 63.2 Å². The number of nitrogens with zero attached hydrogens (tertiary/aromatic N) is 1. The SMILES string of the molecule is O=Cc1ccc2c(c1)OCCOCCOCCOC/C=N/2. The van der Waals surface area contributed by atoms with Crippen LogP contribution in [0.5, 0.6) is 5.75 Å². The minimum Gasteiger partial charge on any atom is -0.489 e. The van der Waals surface area contributed by atoms with Gasteiger partial charge in [-0.05, 0) is 18.2 Å². The number of fused-ring (bicyclic) bond motifs is 1. The molecular formula is C15H19NO5. The van der Waals surface area contributed by atoms with Crippen molar-refractivity contribution in [3.05, 3.63) is 23.8 Å². The molecule has 6 heteroatoms. The van der Waals surface area contributed by atoms with Crippen molar-refractivity contribution in [3.63, 3.8) is 0 Å². The number of aldehydes is 1. The maximum Gasteiger partial charge on any atom is 0.150 e. The van der Waals surface area contributed by atoms with E-state index in [1.165, 1.54) is 0 Å². The van der Waals surface area contributed by atoms with Crippen LogP contribution in [0.25, 0.3) is 0 Å². The van der Waals surface area contributed by atoms with Gasteiger partial charge in [0.05, 0.1) is 39.6 Å². The molecule has 0 radical (unpaired) electrons. The van der Waals surface area contributed by atoms with Gasteiger partial charge in [0.1, 0.15) is 24.3 Å². The fraction of sp³-hybridized carbons (Fsp3) is 0.467. The summed E-state index contributed by atoms with van der Waals surface area (Å²) < 4.78 is 21.7. The Bertz CT molecular complexity index is 475. The average Bonchev–Trinajstić information content (AvgIpc) is 2.52. The van der Waals surface area contributed by atoms with Crippen molar-refractivity contribution in [2.45, 2.75) is 0 Å². The van der Waals surface area contributed by atoms with E-state index in [2.05, 4.69) is 4.99 Å². The lowest BCUT2D eigenvalue weighted by atomic mass is 10.2. The summed E-state index contributed by atoms with van der Waals surface area (Å²) in [6.45, 7) is 3.33. The molecule has 0 amide bonds. The second-order valence-electron chi connectivity index (χ2n) is 4.30. The molecule has 1 heterocycles. The van der Waals surface area contributed by atoms with Crippen LogP contribution in [0.1, 0.15) is 10.4 Å². The third kappa shape index (κ3) is 5.63. The highest BCUT2D eigenvalue weighted by Crippen LogP contribution is 2.28. The molecule has 0 atom stereocenters. The van der Waals surface area contributed by atoms with Crippen LogP contribution in [0.15, 0.2) is 23.2 Å². The van der Waals surface area contributed by atoms with Gasteiger partial charge in [-0.3, -0.25) is 9.79 Å². The van der Waals surface area contributed by atoms with E-state index in [-0.39, 0.29) is 0 Å². The first-order valence-corrected chi connectivity index (χ1v) is 6.88. The van der Waals surface area contributed by atoms with E-state index in [1.54, 1.807) is 24.4 Å². The first-order valence-electron chi connectivity index (χ1n) is 6.88. The molecular weight excluding hydrogens is 274 g/mol. The molecule has 6 nitrogen and oxygen atoms in total. The van der Waals surface area contributed by atoms with Gasteiger partial charge in [0.25, 0.3) is 0 Å². The van der Waals surface area contributed by atoms with Crippen LogP contribution in [0.4, 0.5) is 5.69 Å². The van der Waals surface area contributed by atoms with Gasteiger partial charge < -0.3 is 18.9 Å². The number of rotatable bonds is 1. The van der Waals surface area contributed by atoms with E-state index in [9.17, 15) is 4.79 Å². The van der Waals surface area contributed by atoms with E-state index in [4.69, 9.17) is 18.9 Å². The molecule has 1 aromatic rings. The first-order chi connectivity index (χ1) is 10.4. The molecule has 0 fully saturated rings.